The number of anilines is 1. The summed E-state index contributed by atoms with van der Waals surface area (Å²) in [6.07, 6.45) is 2.55. The second-order valence-corrected chi connectivity index (χ2v) is 8.30. The molecule has 0 atom stereocenters. The lowest BCUT2D eigenvalue weighted by Gasteiger charge is -2.09. The molecule has 0 fully saturated rings. The predicted molar refractivity (Wildman–Crippen MR) is 133 cm³/mol. The highest BCUT2D eigenvalue weighted by molar-refractivity contribution is 6.54. The number of benzene rings is 2. The highest BCUT2D eigenvalue weighted by Crippen LogP contribution is 2.32. The number of carboxylic acid groups (broad SMARTS) is 1. The smallest absolute Gasteiger partial charge is 0.349 e. The topological polar surface area (TPSA) is 120 Å². The van der Waals surface area contributed by atoms with Gasteiger partial charge in [-0.25, -0.2) is 9.78 Å². The van der Waals surface area contributed by atoms with Gasteiger partial charge in [-0.2, -0.15) is 0 Å². The molecule has 2 N–H and O–H groups in total. The average Bonchev–Trinajstić information content (AvgIpc) is 3.25. The molecule has 1 aliphatic rings. The highest BCUT2D eigenvalue weighted by Gasteiger charge is 2.22. The first-order valence-corrected chi connectivity index (χ1v) is 11.1. The number of amides is 1. The van der Waals surface area contributed by atoms with Gasteiger partial charge in [-0.1, -0.05) is 29.3 Å². The Balaban J connectivity index is 1.72. The van der Waals surface area contributed by atoms with Crippen LogP contribution in [0.5, 0.6) is 11.5 Å². The van der Waals surface area contributed by atoms with Gasteiger partial charge >= 0.3 is 5.97 Å². The number of aromatic nitrogens is 2. The van der Waals surface area contributed by atoms with Crippen LogP contribution in [0.25, 0.3) is 22.6 Å². The minimum Gasteiger partial charge on any atom is -0.493 e. The first-order valence-electron chi connectivity index (χ1n) is 10.3. The molecule has 0 radical (unpaired) electrons. The molecular weight excluding hydrogens is 497 g/mol. The van der Waals surface area contributed by atoms with E-state index < -0.39 is 21.9 Å². The minimum absolute atomic E-state index is 0.203. The summed E-state index contributed by atoms with van der Waals surface area (Å²) in [6.45, 7) is 0.489. The number of hydrogen-bond donors (Lipinski definition) is 2. The lowest BCUT2D eigenvalue weighted by molar-refractivity contribution is -0.132. The van der Waals surface area contributed by atoms with E-state index in [4.69, 9.17) is 37.8 Å². The maximum Gasteiger partial charge on any atom is 0.349 e. The molecule has 2 heterocycles. The third kappa shape index (κ3) is 4.73. The van der Waals surface area contributed by atoms with Crippen molar-refractivity contribution in [2.24, 2.45) is 0 Å². The summed E-state index contributed by atoms with van der Waals surface area (Å²) >= 11 is 11.3. The van der Waals surface area contributed by atoms with Gasteiger partial charge in [0.1, 0.15) is 15.9 Å². The van der Waals surface area contributed by atoms with Crippen molar-refractivity contribution >= 4 is 63.3 Å². The Morgan fingerprint density at radius 2 is 1.83 bits per heavy atom. The quantitative estimate of drug-likeness (QED) is 0.474. The van der Waals surface area contributed by atoms with E-state index in [0.29, 0.717) is 41.2 Å². The van der Waals surface area contributed by atoms with Crippen LogP contribution in [0.15, 0.2) is 51.3 Å². The maximum absolute atomic E-state index is 13.1. The molecule has 0 spiro atoms. The van der Waals surface area contributed by atoms with Crippen molar-refractivity contribution in [1.29, 1.82) is 0 Å². The fraction of sp³-hybridized carbons (Fsp3) is 0.167. The Hall–Kier alpha value is -3.82. The van der Waals surface area contributed by atoms with E-state index in [0.717, 1.165) is 11.1 Å². The molecule has 0 bridgehead atoms. The largest absolute Gasteiger partial charge is 0.493 e. The molecule has 35 heavy (non-hydrogen) atoms. The second-order valence-electron chi connectivity index (χ2n) is 7.55. The molecule has 0 saturated heterocycles. The summed E-state index contributed by atoms with van der Waals surface area (Å²) in [7, 11) is 3.12. The molecule has 11 heteroatoms. The number of rotatable bonds is 6. The van der Waals surface area contributed by atoms with Gasteiger partial charge in [0.15, 0.2) is 11.5 Å². The number of nitrogens with one attached hydrogen (secondary N) is 1. The van der Waals surface area contributed by atoms with Crippen molar-refractivity contribution in [2.75, 3.05) is 19.5 Å². The van der Waals surface area contributed by atoms with E-state index in [2.05, 4.69) is 10.3 Å². The molecular formula is C24H19Cl2N3O6. The van der Waals surface area contributed by atoms with E-state index in [-0.39, 0.29) is 11.2 Å². The molecule has 0 saturated carbocycles. The molecule has 0 unspecified atom stereocenters. The fourth-order valence-electron chi connectivity index (χ4n) is 3.76. The number of carboxylic acids is 1. The standard InChI is InChI=1S/C24H19Cl2N3O6/c1-34-17-6-3-12(10-18(17)35-2)9-13-7-8-29-21(13)28-16-11-14(4-5-15(16)23(29)31)27-22(30)19(25)20(26)24(32)33/h3-6,9-11H,7-8H2,1-2H3,(H,27,30)(H,32,33)/b13-9+,20-19-. The number of carbonyl (C=O) groups is 2. The van der Waals surface area contributed by atoms with Crippen LogP contribution >= 0.6 is 23.2 Å². The minimum atomic E-state index is -1.52. The summed E-state index contributed by atoms with van der Waals surface area (Å²) < 4.78 is 12.3. The third-order valence-electron chi connectivity index (χ3n) is 5.43. The molecule has 1 aliphatic heterocycles. The van der Waals surface area contributed by atoms with Crippen molar-refractivity contribution in [2.45, 2.75) is 13.0 Å². The number of hydrogen-bond acceptors (Lipinski definition) is 6. The predicted octanol–water partition coefficient (Wildman–Crippen LogP) is 4.07. The number of carbonyl (C=O) groups excluding carboxylic acids is 1. The molecule has 3 aromatic rings. The van der Waals surface area contributed by atoms with Gasteiger partial charge in [0, 0.05) is 12.2 Å². The highest BCUT2D eigenvalue weighted by atomic mass is 35.5. The monoisotopic (exact) mass is 515 g/mol. The van der Waals surface area contributed by atoms with Crippen LogP contribution in [0.3, 0.4) is 0 Å². The van der Waals surface area contributed by atoms with Gasteiger partial charge in [-0.05, 0) is 54.0 Å². The lowest BCUT2D eigenvalue weighted by Crippen LogP contribution is -2.21. The molecule has 2 aromatic carbocycles. The Kier molecular flexibility index (Phi) is 6.81. The van der Waals surface area contributed by atoms with Crippen LogP contribution in [0.4, 0.5) is 5.69 Å². The van der Waals surface area contributed by atoms with Crippen LogP contribution < -0.4 is 20.3 Å². The lowest BCUT2D eigenvalue weighted by atomic mass is 10.1. The van der Waals surface area contributed by atoms with E-state index >= 15 is 0 Å². The van der Waals surface area contributed by atoms with E-state index in [1.165, 1.54) is 12.1 Å². The summed E-state index contributed by atoms with van der Waals surface area (Å²) in [5.41, 5.74) is 2.16. The Morgan fingerprint density at radius 1 is 1.09 bits per heavy atom. The zero-order valence-corrected chi connectivity index (χ0v) is 20.1. The van der Waals surface area contributed by atoms with Crippen molar-refractivity contribution in [3.05, 3.63) is 68.2 Å². The molecule has 0 aliphatic carbocycles. The van der Waals surface area contributed by atoms with E-state index in [1.54, 1.807) is 30.9 Å². The third-order valence-corrected chi connectivity index (χ3v) is 6.24. The Morgan fingerprint density at radius 3 is 2.51 bits per heavy atom. The normalized spacial score (nSPS) is 14.5. The number of methoxy groups -OCH3 is 2. The maximum atomic E-state index is 13.1. The molecule has 1 aromatic heterocycles. The van der Waals surface area contributed by atoms with Crippen LogP contribution in [0, 0.1) is 0 Å². The second kappa shape index (κ2) is 9.81. The molecule has 9 nitrogen and oxygen atoms in total. The van der Waals surface area contributed by atoms with E-state index in [9.17, 15) is 14.4 Å². The number of halogens is 2. The van der Waals surface area contributed by atoms with Crippen LogP contribution in [-0.4, -0.2) is 40.8 Å². The van der Waals surface area contributed by atoms with Gasteiger partial charge in [-0.15, -0.1) is 0 Å². The zero-order valence-electron chi connectivity index (χ0n) is 18.6. The number of allylic oxidation sites excluding steroid dienone is 1. The van der Waals surface area contributed by atoms with Gasteiger partial charge in [0.05, 0.1) is 25.1 Å². The van der Waals surface area contributed by atoms with Crippen molar-refractivity contribution in [3.63, 3.8) is 0 Å². The first kappa shape index (κ1) is 24.3. The number of aliphatic carboxylic acids is 1. The zero-order chi connectivity index (χ0) is 25.3. The van der Waals surface area contributed by atoms with Crippen LogP contribution in [0.1, 0.15) is 17.8 Å². The summed E-state index contributed by atoms with van der Waals surface area (Å²) in [5.74, 6) is -0.710. The van der Waals surface area contributed by atoms with Gasteiger partial charge in [0.25, 0.3) is 11.5 Å². The van der Waals surface area contributed by atoms with Crippen molar-refractivity contribution < 1.29 is 24.2 Å². The van der Waals surface area contributed by atoms with Crippen molar-refractivity contribution in [1.82, 2.24) is 9.55 Å². The number of nitrogens with zero attached hydrogens (tertiary/aromatic N) is 2. The molecule has 180 valence electrons. The Labute approximate surface area is 209 Å². The summed E-state index contributed by atoms with van der Waals surface area (Å²) in [5, 5.41) is 10.3. The average molecular weight is 516 g/mol. The van der Waals surface area contributed by atoms with Crippen LogP contribution in [0.2, 0.25) is 0 Å². The number of ether oxygens (including phenoxy) is 2. The van der Waals surface area contributed by atoms with Crippen LogP contribution in [-0.2, 0) is 16.1 Å². The Bertz CT molecular complexity index is 1490. The summed E-state index contributed by atoms with van der Waals surface area (Å²) in [6, 6.07) is 10.1. The first-order chi connectivity index (χ1) is 16.7. The molecule has 1 amide bonds. The van der Waals surface area contributed by atoms with E-state index in [1.807, 2.05) is 18.2 Å². The van der Waals surface area contributed by atoms with Gasteiger partial charge in [-0.3, -0.25) is 14.2 Å². The summed E-state index contributed by atoms with van der Waals surface area (Å²) in [4.78, 5) is 40.9. The van der Waals surface area contributed by atoms with Gasteiger partial charge < -0.3 is 19.9 Å². The SMILES string of the molecule is COc1ccc(/C=C2\CCn3c2nc2cc(NC(=O)/C(Cl)=C(/Cl)C(=O)O)ccc2c3=O)cc1OC. The fourth-order valence-corrected chi connectivity index (χ4v) is 3.97. The van der Waals surface area contributed by atoms with Gasteiger partial charge in [0.2, 0.25) is 0 Å². The van der Waals surface area contributed by atoms with Crippen molar-refractivity contribution in [3.8, 4) is 11.5 Å². The number of fused-ring (bicyclic) bond motifs is 2. The molecule has 4 rings (SSSR count).